The second kappa shape index (κ2) is 9.11. The van der Waals surface area contributed by atoms with Crippen LogP contribution in [0, 0.1) is 5.82 Å². The zero-order valence-corrected chi connectivity index (χ0v) is 18.2. The van der Waals surface area contributed by atoms with E-state index in [9.17, 15) is 9.18 Å². The lowest BCUT2D eigenvalue weighted by Crippen LogP contribution is -2.30. The molecule has 30 heavy (non-hydrogen) atoms. The lowest BCUT2D eigenvalue weighted by molar-refractivity contribution is 0.0933. The number of thiophene rings is 1. The number of hydrogen-bond donors (Lipinski definition) is 1. The summed E-state index contributed by atoms with van der Waals surface area (Å²) in [7, 11) is 1.54. The van der Waals surface area contributed by atoms with Crippen molar-refractivity contribution in [2.45, 2.75) is 19.1 Å². The fourth-order valence-electron chi connectivity index (χ4n) is 3.46. The molecule has 4 aromatic rings. The van der Waals surface area contributed by atoms with Crippen LogP contribution in [0.3, 0.4) is 0 Å². The summed E-state index contributed by atoms with van der Waals surface area (Å²) in [5.74, 6) is 0.908. The van der Waals surface area contributed by atoms with Gasteiger partial charge in [0.1, 0.15) is 5.82 Å². The maximum Gasteiger partial charge on any atom is 0.262 e. The highest BCUT2D eigenvalue weighted by Gasteiger charge is 2.25. The first-order chi connectivity index (χ1) is 14.6. The Bertz CT molecular complexity index is 1190. The van der Waals surface area contributed by atoms with E-state index < -0.39 is 0 Å². The number of halogens is 1. The Balaban J connectivity index is 1.71. The number of nitrogens with one attached hydrogen (secondary N) is 1. The van der Waals surface area contributed by atoms with E-state index >= 15 is 0 Å². The standard InChI is InChI=1S/C21H21FN4O2S2/c1-28-12-13-18-14(22)6-5-7-16(18)30-19(13)21(27)23-15(9-11-29-2)20-25-24-17-8-3-4-10-26(17)20/h3-8,10,15H,9,11-12H2,1-2H3,(H,23,27). The van der Waals surface area contributed by atoms with Gasteiger partial charge in [0.05, 0.1) is 17.5 Å². The third kappa shape index (κ3) is 3.92. The van der Waals surface area contributed by atoms with E-state index in [4.69, 9.17) is 4.74 Å². The minimum absolute atomic E-state index is 0.160. The van der Waals surface area contributed by atoms with Crippen molar-refractivity contribution in [1.82, 2.24) is 19.9 Å². The fraction of sp³-hybridized carbons (Fsp3) is 0.286. The number of carbonyl (C=O) groups is 1. The van der Waals surface area contributed by atoms with E-state index in [-0.39, 0.29) is 24.4 Å². The Morgan fingerprint density at radius 1 is 1.30 bits per heavy atom. The number of carbonyl (C=O) groups excluding carboxylic acids is 1. The lowest BCUT2D eigenvalue weighted by atomic mass is 10.1. The van der Waals surface area contributed by atoms with Crippen molar-refractivity contribution in [2.24, 2.45) is 0 Å². The first kappa shape index (κ1) is 20.8. The van der Waals surface area contributed by atoms with Crippen LogP contribution in [-0.2, 0) is 11.3 Å². The second-order valence-electron chi connectivity index (χ2n) is 6.75. The Morgan fingerprint density at radius 2 is 2.17 bits per heavy atom. The van der Waals surface area contributed by atoms with Crippen molar-refractivity contribution >= 4 is 44.7 Å². The summed E-state index contributed by atoms with van der Waals surface area (Å²) >= 11 is 2.97. The number of ether oxygens (including phenoxy) is 1. The molecule has 1 aromatic carbocycles. The molecular weight excluding hydrogens is 423 g/mol. The molecule has 1 atom stereocenters. The van der Waals surface area contributed by atoms with Crippen molar-refractivity contribution in [3.8, 4) is 0 Å². The monoisotopic (exact) mass is 444 g/mol. The Hall–Kier alpha value is -2.49. The highest BCUT2D eigenvalue weighted by atomic mass is 32.2. The zero-order valence-electron chi connectivity index (χ0n) is 16.6. The smallest absolute Gasteiger partial charge is 0.262 e. The Kier molecular flexibility index (Phi) is 6.31. The quantitative estimate of drug-likeness (QED) is 0.435. The van der Waals surface area contributed by atoms with Crippen LogP contribution in [-0.4, -0.2) is 39.6 Å². The molecule has 3 aromatic heterocycles. The molecule has 9 heteroatoms. The molecule has 4 rings (SSSR count). The number of benzene rings is 1. The van der Waals surface area contributed by atoms with Gasteiger partial charge in [0.25, 0.3) is 5.91 Å². The number of pyridine rings is 1. The van der Waals surface area contributed by atoms with Crippen molar-refractivity contribution in [3.05, 3.63) is 64.7 Å². The number of aromatic nitrogens is 3. The maximum absolute atomic E-state index is 14.5. The fourth-order valence-corrected chi connectivity index (χ4v) is 5.05. The summed E-state index contributed by atoms with van der Waals surface area (Å²) in [5.41, 5.74) is 1.29. The molecule has 0 saturated heterocycles. The topological polar surface area (TPSA) is 68.5 Å². The first-order valence-electron chi connectivity index (χ1n) is 9.42. The average molecular weight is 445 g/mol. The molecule has 1 unspecified atom stereocenters. The molecule has 0 aliphatic carbocycles. The van der Waals surface area contributed by atoms with E-state index in [1.54, 1.807) is 17.8 Å². The lowest BCUT2D eigenvalue weighted by Gasteiger charge is -2.17. The Labute approximate surface area is 181 Å². The molecule has 0 aliphatic rings. The van der Waals surface area contributed by atoms with Crippen LogP contribution < -0.4 is 5.32 Å². The SMILES string of the molecule is COCc1c(C(=O)NC(CCSC)c2nnc3ccccn23)sc2cccc(F)c12. The highest BCUT2D eigenvalue weighted by molar-refractivity contribution is 7.98. The third-order valence-corrected chi connectivity index (χ3v) is 6.67. The molecule has 6 nitrogen and oxygen atoms in total. The van der Waals surface area contributed by atoms with Crippen LogP contribution in [0.4, 0.5) is 4.39 Å². The van der Waals surface area contributed by atoms with Crippen molar-refractivity contribution in [2.75, 3.05) is 19.1 Å². The average Bonchev–Trinajstić information content (AvgIpc) is 3.34. The first-order valence-corrected chi connectivity index (χ1v) is 11.6. The van der Waals surface area contributed by atoms with Gasteiger partial charge < -0.3 is 10.1 Å². The molecule has 0 saturated carbocycles. The minimum Gasteiger partial charge on any atom is -0.380 e. The van der Waals surface area contributed by atoms with Crippen LogP contribution in [0.5, 0.6) is 0 Å². The van der Waals surface area contributed by atoms with Gasteiger partial charge in [0.2, 0.25) is 0 Å². The van der Waals surface area contributed by atoms with Gasteiger partial charge in [-0.2, -0.15) is 11.8 Å². The molecule has 3 heterocycles. The number of amides is 1. The number of fused-ring (bicyclic) bond motifs is 2. The molecule has 156 valence electrons. The predicted octanol–water partition coefficient (Wildman–Crippen LogP) is 4.45. The van der Waals surface area contributed by atoms with Gasteiger partial charge in [-0.05, 0) is 42.7 Å². The van der Waals surface area contributed by atoms with Crippen LogP contribution in [0.1, 0.15) is 33.5 Å². The van der Waals surface area contributed by atoms with Gasteiger partial charge in [-0.25, -0.2) is 4.39 Å². The van der Waals surface area contributed by atoms with E-state index in [1.807, 2.05) is 41.1 Å². The van der Waals surface area contributed by atoms with Gasteiger partial charge in [0.15, 0.2) is 11.5 Å². The van der Waals surface area contributed by atoms with E-state index in [0.717, 1.165) is 16.1 Å². The summed E-state index contributed by atoms with van der Waals surface area (Å²) in [6.45, 7) is 0.160. The number of thioether (sulfide) groups is 1. The largest absolute Gasteiger partial charge is 0.380 e. The molecule has 0 bridgehead atoms. The third-order valence-electron chi connectivity index (χ3n) is 4.83. The summed E-state index contributed by atoms with van der Waals surface area (Å²) in [5, 5.41) is 12.1. The van der Waals surface area contributed by atoms with Gasteiger partial charge in [-0.15, -0.1) is 21.5 Å². The minimum atomic E-state index is -0.350. The molecule has 1 N–H and O–H groups in total. The predicted molar refractivity (Wildman–Crippen MR) is 119 cm³/mol. The summed E-state index contributed by atoms with van der Waals surface area (Å²) in [6.07, 6.45) is 4.60. The number of nitrogens with zero attached hydrogens (tertiary/aromatic N) is 3. The molecule has 0 spiro atoms. The van der Waals surface area contributed by atoms with Crippen LogP contribution >= 0.6 is 23.1 Å². The van der Waals surface area contributed by atoms with Crippen molar-refractivity contribution in [1.29, 1.82) is 0 Å². The normalized spacial score (nSPS) is 12.5. The van der Waals surface area contributed by atoms with Crippen LogP contribution in [0.2, 0.25) is 0 Å². The van der Waals surface area contributed by atoms with E-state index in [0.29, 0.717) is 28.1 Å². The number of methoxy groups -OCH3 is 1. The maximum atomic E-state index is 14.5. The Morgan fingerprint density at radius 3 is 2.97 bits per heavy atom. The summed E-state index contributed by atoms with van der Waals surface area (Å²) in [6, 6.07) is 10.2. The van der Waals surface area contributed by atoms with Crippen molar-refractivity contribution in [3.63, 3.8) is 0 Å². The zero-order chi connectivity index (χ0) is 21.1. The number of hydrogen-bond acceptors (Lipinski definition) is 6. The van der Waals surface area contributed by atoms with Gasteiger partial charge in [-0.3, -0.25) is 9.20 Å². The summed E-state index contributed by atoms with van der Waals surface area (Å²) in [4.78, 5) is 13.7. The van der Waals surface area contributed by atoms with Gasteiger partial charge >= 0.3 is 0 Å². The summed E-state index contributed by atoms with van der Waals surface area (Å²) < 4.78 is 22.3. The van der Waals surface area contributed by atoms with Crippen LogP contribution in [0.25, 0.3) is 15.7 Å². The number of rotatable bonds is 8. The van der Waals surface area contributed by atoms with E-state index in [1.165, 1.54) is 24.5 Å². The molecular formula is C21H21FN4O2S2. The molecule has 0 aliphatic heterocycles. The van der Waals surface area contributed by atoms with Crippen LogP contribution in [0.15, 0.2) is 42.6 Å². The van der Waals surface area contributed by atoms with E-state index in [2.05, 4.69) is 15.5 Å². The van der Waals surface area contributed by atoms with Gasteiger partial charge in [0, 0.05) is 29.0 Å². The molecule has 1 amide bonds. The highest BCUT2D eigenvalue weighted by Crippen LogP contribution is 2.34. The second-order valence-corrected chi connectivity index (χ2v) is 8.79. The van der Waals surface area contributed by atoms with Gasteiger partial charge in [-0.1, -0.05) is 12.1 Å². The molecule has 0 fully saturated rings. The van der Waals surface area contributed by atoms with Crippen molar-refractivity contribution < 1.29 is 13.9 Å². The molecule has 0 radical (unpaired) electrons.